The van der Waals surface area contributed by atoms with Crippen molar-refractivity contribution in [1.82, 2.24) is 0 Å². The van der Waals surface area contributed by atoms with Crippen LogP contribution in [0.4, 0.5) is 0 Å². The molecule has 15 heavy (non-hydrogen) atoms. The molecule has 2 rings (SSSR count). The summed E-state index contributed by atoms with van der Waals surface area (Å²) in [6, 6.07) is 1.94. The molecule has 0 bridgehead atoms. The first-order valence-corrected chi connectivity index (χ1v) is 5.81. The Morgan fingerprint density at radius 2 is 2.13 bits per heavy atom. The fraction of sp³-hybridized carbons (Fsp3) is 0.455. The molecule has 0 aromatic heterocycles. The maximum atomic E-state index is 5.70. The molecule has 1 aromatic rings. The molecule has 0 amide bonds. The summed E-state index contributed by atoms with van der Waals surface area (Å²) >= 11 is 3.50. The van der Waals surface area contributed by atoms with Crippen molar-refractivity contribution in [2.75, 3.05) is 13.2 Å². The molecule has 2 N–H and O–H groups in total. The van der Waals surface area contributed by atoms with Gasteiger partial charge in [-0.25, -0.2) is 0 Å². The second kappa shape index (κ2) is 4.41. The maximum absolute atomic E-state index is 5.70. The van der Waals surface area contributed by atoms with Gasteiger partial charge in [0.05, 0.1) is 13.2 Å². The maximum Gasteiger partial charge on any atom is 0.164 e. The van der Waals surface area contributed by atoms with E-state index in [0.717, 1.165) is 33.5 Å². The first-order valence-electron chi connectivity index (χ1n) is 5.01. The Morgan fingerprint density at radius 1 is 1.40 bits per heavy atom. The van der Waals surface area contributed by atoms with Crippen molar-refractivity contribution in [2.45, 2.75) is 19.9 Å². The minimum Gasteiger partial charge on any atom is -0.490 e. The van der Waals surface area contributed by atoms with Gasteiger partial charge in [-0.2, -0.15) is 0 Å². The van der Waals surface area contributed by atoms with Crippen LogP contribution in [0.1, 0.15) is 17.5 Å². The van der Waals surface area contributed by atoms with Crippen molar-refractivity contribution >= 4 is 15.9 Å². The Kier molecular flexibility index (Phi) is 3.17. The number of hydrogen-bond acceptors (Lipinski definition) is 3. The second-order valence-corrected chi connectivity index (χ2v) is 4.40. The van der Waals surface area contributed by atoms with Gasteiger partial charge in [0.15, 0.2) is 11.5 Å². The van der Waals surface area contributed by atoms with Gasteiger partial charge in [0, 0.05) is 23.0 Å². The van der Waals surface area contributed by atoms with E-state index in [1.807, 2.05) is 13.0 Å². The smallest absolute Gasteiger partial charge is 0.164 e. The van der Waals surface area contributed by atoms with E-state index in [-0.39, 0.29) is 0 Å². The number of benzene rings is 1. The van der Waals surface area contributed by atoms with Crippen molar-refractivity contribution in [1.29, 1.82) is 0 Å². The number of ether oxygens (including phenoxy) is 2. The molecule has 4 heteroatoms. The molecule has 3 nitrogen and oxygen atoms in total. The molecule has 0 unspecified atom stereocenters. The zero-order valence-electron chi connectivity index (χ0n) is 8.68. The number of nitrogens with two attached hydrogens (primary N) is 1. The minimum absolute atomic E-state index is 0.503. The zero-order chi connectivity index (χ0) is 10.8. The number of rotatable bonds is 1. The van der Waals surface area contributed by atoms with E-state index >= 15 is 0 Å². The number of fused-ring (bicyclic) bond motifs is 1. The van der Waals surface area contributed by atoms with Crippen LogP contribution in [-0.2, 0) is 6.54 Å². The van der Waals surface area contributed by atoms with Crippen LogP contribution in [0.3, 0.4) is 0 Å². The fourth-order valence-corrected chi connectivity index (χ4v) is 2.39. The van der Waals surface area contributed by atoms with Crippen molar-refractivity contribution in [3.05, 3.63) is 21.7 Å². The Bertz CT molecular complexity index is 379. The molecule has 0 spiro atoms. The van der Waals surface area contributed by atoms with E-state index in [1.54, 1.807) is 0 Å². The summed E-state index contributed by atoms with van der Waals surface area (Å²) in [5.41, 5.74) is 7.85. The standard InChI is InChI=1S/C11H14BrNO2/c1-7-8(6-13)9(12)5-10-11(7)15-4-2-3-14-10/h5H,2-4,6,13H2,1H3. The van der Waals surface area contributed by atoms with Crippen LogP contribution in [-0.4, -0.2) is 13.2 Å². The van der Waals surface area contributed by atoms with Crippen molar-refractivity contribution < 1.29 is 9.47 Å². The molecule has 0 radical (unpaired) electrons. The summed E-state index contributed by atoms with van der Waals surface area (Å²) in [6.45, 7) is 3.93. The highest BCUT2D eigenvalue weighted by Crippen LogP contribution is 2.39. The highest BCUT2D eigenvalue weighted by molar-refractivity contribution is 9.10. The van der Waals surface area contributed by atoms with Crippen molar-refractivity contribution in [3.8, 4) is 11.5 Å². The minimum atomic E-state index is 0.503. The molecule has 0 atom stereocenters. The third-order valence-electron chi connectivity index (χ3n) is 2.56. The molecule has 1 aliphatic rings. The number of halogens is 1. The third-order valence-corrected chi connectivity index (χ3v) is 3.27. The van der Waals surface area contributed by atoms with Gasteiger partial charge in [0.25, 0.3) is 0 Å². The summed E-state index contributed by atoms with van der Waals surface area (Å²) in [7, 11) is 0. The lowest BCUT2D eigenvalue weighted by Crippen LogP contribution is -2.04. The largest absolute Gasteiger partial charge is 0.490 e. The van der Waals surface area contributed by atoms with Gasteiger partial charge in [-0.3, -0.25) is 0 Å². The normalized spacial score (nSPS) is 14.9. The predicted octanol–water partition coefficient (Wildman–Crippen LogP) is 2.38. The van der Waals surface area contributed by atoms with Gasteiger partial charge in [-0.15, -0.1) is 0 Å². The average Bonchev–Trinajstić information content (AvgIpc) is 2.43. The molecule has 0 saturated carbocycles. The van der Waals surface area contributed by atoms with Crippen LogP contribution in [0.25, 0.3) is 0 Å². The monoisotopic (exact) mass is 271 g/mol. The molecule has 0 fully saturated rings. The first kappa shape index (κ1) is 10.8. The Balaban J connectivity index is 2.53. The summed E-state index contributed by atoms with van der Waals surface area (Å²) in [5.74, 6) is 1.66. The number of hydrogen-bond donors (Lipinski definition) is 1. The van der Waals surface area contributed by atoms with E-state index in [2.05, 4.69) is 15.9 Å². The molecule has 1 aromatic carbocycles. The summed E-state index contributed by atoms with van der Waals surface area (Å²) < 4.78 is 12.3. The lowest BCUT2D eigenvalue weighted by Gasteiger charge is -2.14. The van der Waals surface area contributed by atoms with E-state index in [9.17, 15) is 0 Å². The van der Waals surface area contributed by atoms with Gasteiger partial charge in [0.2, 0.25) is 0 Å². The van der Waals surface area contributed by atoms with Crippen LogP contribution in [0.2, 0.25) is 0 Å². The highest BCUT2D eigenvalue weighted by Gasteiger charge is 2.17. The van der Waals surface area contributed by atoms with Crippen molar-refractivity contribution in [3.63, 3.8) is 0 Å². The average molecular weight is 272 g/mol. The summed E-state index contributed by atoms with van der Waals surface area (Å²) in [6.07, 6.45) is 0.920. The predicted molar refractivity (Wildman–Crippen MR) is 62.4 cm³/mol. The zero-order valence-corrected chi connectivity index (χ0v) is 10.3. The fourth-order valence-electron chi connectivity index (χ4n) is 1.72. The van der Waals surface area contributed by atoms with Gasteiger partial charge in [-0.05, 0) is 18.6 Å². The molecular weight excluding hydrogens is 258 g/mol. The van der Waals surface area contributed by atoms with Crippen molar-refractivity contribution in [2.24, 2.45) is 5.73 Å². The summed E-state index contributed by atoms with van der Waals surface area (Å²) in [4.78, 5) is 0. The second-order valence-electron chi connectivity index (χ2n) is 3.54. The SMILES string of the molecule is Cc1c(CN)c(Br)cc2c1OCCCO2. The Labute approximate surface area is 97.7 Å². The lowest BCUT2D eigenvalue weighted by atomic mass is 10.1. The molecule has 1 aliphatic heterocycles. The van der Waals surface area contributed by atoms with Crippen LogP contribution < -0.4 is 15.2 Å². The van der Waals surface area contributed by atoms with Crippen LogP contribution in [0.15, 0.2) is 10.5 Å². The summed E-state index contributed by atoms with van der Waals surface area (Å²) in [5, 5.41) is 0. The molecule has 0 saturated heterocycles. The van der Waals surface area contributed by atoms with Crippen LogP contribution in [0.5, 0.6) is 11.5 Å². The van der Waals surface area contributed by atoms with E-state index in [0.29, 0.717) is 19.8 Å². The van der Waals surface area contributed by atoms with Gasteiger partial charge >= 0.3 is 0 Å². The van der Waals surface area contributed by atoms with Crippen LogP contribution in [0, 0.1) is 6.92 Å². The molecular formula is C11H14BrNO2. The van der Waals surface area contributed by atoms with E-state index in [4.69, 9.17) is 15.2 Å². The van der Waals surface area contributed by atoms with E-state index in [1.165, 1.54) is 0 Å². The lowest BCUT2D eigenvalue weighted by molar-refractivity contribution is 0.296. The highest BCUT2D eigenvalue weighted by atomic mass is 79.9. The van der Waals surface area contributed by atoms with Crippen LogP contribution >= 0.6 is 15.9 Å². The van der Waals surface area contributed by atoms with Gasteiger partial charge in [-0.1, -0.05) is 15.9 Å². The first-order chi connectivity index (χ1) is 7.24. The Hall–Kier alpha value is -0.740. The quantitative estimate of drug-likeness (QED) is 0.853. The molecule has 0 aliphatic carbocycles. The van der Waals surface area contributed by atoms with Gasteiger partial charge < -0.3 is 15.2 Å². The Morgan fingerprint density at radius 3 is 2.87 bits per heavy atom. The topological polar surface area (TPSA) is 44.5 Å². The van der Waals surface area contributed by atoms with Gasteiger partial charge in [0.1, 0.15) is 0 Å². The third kappa shape index (κ3) is 1.96. The van der Waals surface area contributed by atoms with E-state index < -0.39 is 0 Å². The molecule has 82 valence electrons. The molecule has 1 heterocycles.